The monoisotopic (exact) mass is 262 g/mol. The zero-order valence-electron chi connectivity index (χ0n) is 9.30. The van der Waals surface area contributed by atoms with Gasteiger partial charge < -0.3 is 22.9 Å². The number of hydrogen-bond acceptors (Lipinski definition) is 7. The Balaban J connectivity index is 2.83. The molecule has 7 nitrogen and oxygen atoms in total. The van der Waals surface area contributed by atoms with Gasteiger partial charge in [-0.05, 0) is 6.92 Å². The molecule has 1 aliphatic heterocycles. The molecular weight excluding hydrogens is 252 g/mol. The molecule has 17 heavy (non-hydrogen) atoms. The van der Waals surface area contributed by atoms with E-state index in [2.05, 4.69) is 8.37 Å². The molecule has 0 atom stereocenters. The number of methoxy groups -OCH3 is 2. The van der Waals surface area contributed by atoms with Crippen LogP contribution < -0.4 is 17.8 Å². The SMILES string of the molecule is COc1c(O)c(OC)c2c(C)c1OS(=O)(=O)O2. The smallest absolute Gasteiger partial charge is 0.501 e. The van der Waals surface area contributed by atoms with Crippen LogP contribution in [0.4, 0.5) is 0 Å². The van der Waals surface area contributed by atoms with Gasteiger partial charge in [0.1, 0.15) is 0 Å². The van der Waals surface area contributed by atoms with Gasteiger partial charge in [-0.25, -0.2) is 0 Å². The summed E-state index contributed by atoms with van der Waals surface area (Å²) >= 11 is 0. The van der Waals surface area contributed by atoms with E-state index in [4.69, 9.17) is 9.47 Å². The molecule has 8 heteroatoms. The summed E-state index contributed by atoms with van der Waals surface area (Å²) in [6.07, 6.45) is 0. The van der Waals surface area contributed by atoms with Gasteiger partial charge >= 0.3 is 10.4 Å². The first-order valence-corrected chi connectivity index (χ1v) is 5.86. The topological polar surface area (TPSA) is 91.3 Å². The Morgan fingerprint density at radius 2 is 1.47 bits per heavy atom. The lowest BCUT2D eigenvalue weighted by Gasteiger charge is -2.23. The van der Waals surface area contributed by atoms with Crippen molar-refractivity contribution in [3.63, 3.8) is 0 Å². The maximum atomic E-state index is 11.3. The van der Waals surface area contributed by atoms with Crippen LogP contribution in [-0.4, -0.2) is 27.7 Å². The highest BCUT2D eigenvalue weighted by Gasteiger charge is 2.36. The van der Waals surface area contributed by atoms with E-state index >= 15 is 0 Å². The van der Waals surface area contributed by atoms with Gasteiger partial charge in [-0.1, -0.05) is 0 Å². The summed E-state index contributed by atoms with van der Waals surface area (Å²) < 4.78 is 41.7. The van der Waals surface area contributed by atoms with Crippen LogP contribution in [0, 0.1) is 6.92 Å². The lowest BCUT2D eigenvalue weighted by molar-refractivity contribution is 0.298. The molecule has 94 valence electrons. The summed E-state index contributed by atoms with van der Waals surface area (Å²) in [4.78, 5) is 0. The Morgan fingerprint density at radius 3 is 1.82 bits per heavy atom. The Bertz CT molecular complexity index is 534. The molecule has 1 aromatic rings. The number of fused-ring (bicyclic) bond motifs is 2. The van der Waals surface area contributed by atoms with Crippen molar-refractivity contribution in [2.24, 2.45) is 0 Å². The number of benzene rings is 1. The van der Waals surface area contributed by atoms with Crippen molar-refractivity contribution in [2.75, 3.05) is 14.2 Å². The normalized spacial score (nSPS) is 15.7. The van der Waals surface area contributed by atoms with Crippen molar-refractivity contribution >= 4 is 10.4 Å². The molecule has 0 amide bonds. The van der Waals surface area contributed by atoms with E-state index in [0.29, 0.717) is 5.56 Å². The minimum absolute atomic E-state index is 0.105. The fourth-order valence-electron chi connectivity index (χ4n) is 1.56. The molecule has 0 spiro atoms. The van der Waals surface area contributed by atoms with E-state index in [9.17, 15) is 13.5 Å². The Kier molecular flexibility index (Phi) is 2.46. The van der Waals surface area contributed by atoms with E-state index in [-0.39, 0.29) is 28.7 Å². The summed E-state index contributed by atoms with van der Waals surface area (Å²) in [5.41, 5.74) is 0.367. The molecule has 0 aliphatic carbocycles. The summed E-state index contributed by atoms with van der Waals surface area (Å²) in [7, 11) is -1.66. The van der Waals surface area contributed by atoms with Crippen LogP contribution in [-0.2, 0) is 10.4 Å². The van der Waals surface area contributed by atoms with Gasteiger partial charge in [-0.15, -0.1) is 8.42 Å². The molecule has 0 fully saturated rings. The van der Waals surface area contributed by atoms with Crippen molar-refractivity contribution in [2.45, 2.75) is 6.92 Å². The molecule has 1 aliphatic rings. The minimum Gasteiger partial charge on any atom is -0.501 e. The van der Waals surface area contributed by atoms with Crippen molar-refractivity contribution in [3.8, 4) is 28.7 Å². The van der Waals surface area contributed by atoms with Gasteiger partial charge in [0.05, 0.1) is 14.2 Å². The molecule has 1 heterocycles. The van der Waals surface area contributed by atoms with Crippen LogP contribution in [0.15, 0.2) is 0 Å². The molecule has 0 radical (unpaired) electrons. The Morgan fingerprint density at radius 1 is 1.06 bits per heavy atom. The highest BCUT2D eigenvalue weighted by molar-refractivity contribution is 7.82. The molecule has 0 saturated heterocycles. The van der Waals surface area contributed by atoms with E-state index in [1.807, 2.05) is 0 Å². The third-order valence-corrected chi connectivity index (χ3v) is 3.04. The van der Waals surface area contributed by atoms with Gasteiger partial charge in [0.15, 0.2) is 11.5 Å². The van der Waals surface area contributed by atoms with E-state index in [0.717, 1.165) is 0 Å². The first kappa shape index (κ1) is 11.6. The quantitative estimate of drug-likeness (QED) is 0.840. The van der Waals surface area contributed by atoms with Crippen LogP contribution in [0.3, 0.4) is 0 Å². The first-order chi connectivity index (χ1) is 7.91. The first-order valence-electron chi connectivity index (χ1n) is 4.52. The van der Waals surface area contributed by atoms with Crippen molar-refractivity contribution in [3.05, 3.63) is 5.56 Å². The number of rotatable bonds is 2. The molecule has 0 unspecified atom stereocenters. The van der Waals surface area contributed by atoms with Crippen LogP contribution >= 0.6 is 0 Å². The summed E-state index contributed by atoms with van der Waals surface area (Å²) in [6, 6.07) is 0. The second-order valence-electron chi connectivity index (χ2n) is 3.27. The zero-order chi connectivity index (χ0) is 12.8. The van der Waals surface area contributed by atoms with Gasteiger partial charge in [-0.2, -0.15) is 0 Å². The molecule has 0 saturated carbocycles. The predicted octanol–water partition coefficient (Wildman–Crippen LogP) is 0.734. The van der Waals surface area contributed by atoms with Gasteiger partial charge in [-0.3, -0.25) is 0 Å². The average Bonchev–Trinajstić information content (AvgIpc) is 2.24. The van der Waals surface area contributed by atoms with E-state index in [1.165, 1.54) is 14.2 Å². The zero-order valence-corrected chi connectivity index (χ0v) is 10.1. The number of hydrogen-bond donors (Lipinski definition) is 1. The Hall–Kier alpha value is -1.83. The van der Waals surface area contributed by atoms with Crippen molar-refractivity contribution < 1.29 is 31.4 Å². The van der Waals surface area contributed by atoms with Crippen LogP contribution in [0.2, 0.25) is 0 Å². The molecule has 2 rings (SSSR count). The third kappa shape index (κ3) is 1.60. The van der Waals surface area contributed by atoms with Crippen molar-refractivity contribution in [1.29, 1.82) is 0 Å². The van der Waals surface area contributed by atoms with E-state index < -0.39 is 10.4 Å². The van der Waals surface area contributed by atoms with E-state index in [1.54, 1.807) is 6.92 Å². The second-order valence-corrected chi connectivity index (χ2v) is 4.42. The lowest BCUT2D eigenvalue weighted by Crippen LogP contribution is -2.22. The molecule has 0 aromatic heterocycles. The van der Waals surface area contributed by atoms with Crippen LogP contribution in [0.25, 0.3) is 0 Å². The standard InChI is InChI=1S/C9H10O7S/c1-4-6-8(13-2)5(10)9(14-3)7(4)16-17(11,12)15-6/h10H,1-3H3. The highest BCUT2D eigenvalue weighted by Crippen LogP contribution is 2.55. The Labute approximate surface area is 97.8 Å². The second kappa shape index (κ2) is 3.59. The van der Waals surface area contributed by atoms with Crippen LogP contribution in [0.5, 0.6) is 28.7 Å². The number of aromatic hydroxyl groups is 1. The summed E-state index contributed by atoms with van der Waals surface area (Å²) in [6.45, 7) is 1.56. The maximum absolute atomic E-state index is 11.3. The number of phenols is 1. The molecule has 1 aromatic carbocycles. The van der Waals surface area contributed by atoms with Crippen LogP contribution in [0.1, 0.15) is 5.56 Å². The minimum atomic E-state index is -4.21. The largest absolute Gasteiger partial charge is 0.501 e. The maximum Gasteiger partial charge on any atom is 0.501 e. The lowest BCUT2D eigenvalue weighted by atomic mass is 10.1. The number of ether oxygens (including phenoxy) is 2. The van der Waals surface area contributed by atoms with Gasteiger partial charge in [0.2, 0.25) is 17.2 Å². The molecule has 2 bridgehead atoms. The van der Waals surface area contributed by atoms with Crippen molar-refractivity contribution in [1.82, 2.24) is 0 Å². The highest BCUT2D eigenvalue weighted by atomic mass is 32.3. The van der Waals surface area contributed by atoms with Gasteiger partial charge in [0, 0.05) is 5.56 Å². The summed E-state index contributed by atoms with van der Waals surface area (Å²) in [5, 5.41) is 9.81. The number of phenolic OH excluding ortho intramolecular Hbond substituents is 1. The predicted molar refractivity (Wildman–Crippen MR) is 56.1 cm³/mol. The van der Waals surface area contributed by atoms with Gasteiger partial charge in [0.25, 0.3) is 0 Å². The summed E-state index contributed by atoms with van der Waals surface area (Å²) in [5.74, 6) is -0.815. The average molecular weight is 262 g/mol. The fraction of sp³-hybridized carbons (Fsp3) is 0.333. The third-order valence-electron chi connectivity index (χ3n) is 2.30. The molecular formula is C9H10O7S. The fourth-order valence-corrected chi connectivity index (χ4v) is 2.41. The molecule has 1 N–H and O–H groups in total.